The van der Waals surface area contributed by atoms with Crippen LogP contribution >= 0.6 is 0 Å². The molecule has 1 atom stereocenters. The van der Waals surface area contributed by atoms with Crippen LogP contribution in [-0.2, 0) is 11.1 Å². The molecule has 7 heteroatoms. The molecule has 6 nitrogen and oxygen atoms in total. The molecule has 0 aromatic heterocycles. The maximum absolute atomic E-state index is 10.5. The highest BCUT2D eigenvalue weighted by molar-refractivity contribution is 7.79. The summed E-state index contributed by atoms with van der Waals surface area (Å²) in [7, 11) is 0. The van der Waals surface area contributed by atoms with Crippen LogP contribution in [0.15, 0.2) is 49.8 Å². The summed E-state index contributed by atoms with van der Waals surface area (Å²) in [6, 6.07) is 6.25. The minimum Gasteiger partial charge on any atom is -0.768 e. The zero-order valence-corrected chi connectivity index (χ0v) is 7.72. The predicted octanol–water partition coefficient (Wildman–Crippen LogP) is 1.76. The standard InChI is InChI=1S/C7H6N4O2S/c12-14(13)6-3-1-5(2-4-6)7-8-10-11-9-7/h1-4,7H,(H,12,13)/p-1. The van der Waals surface area contributed by atoms with Crippen LogP contribution in [0.5, 0.6) is 0 Å². The molecule has 0 radical (unpaired) electrons. The monoisotopic (exact) mass is 209 g/mol. The lowest BCUT2D eigenvalue weighted by atomic mass is 10.2. The fourth-order valence-corrected chi connectivity index (χ4v) is 1.41. The van der Waals surface area contributed by atoms with Gasteiger partial charge in [-0.1, -0.05) is 12.1 Å². The van der Waals surface area contributed by atoms with Gasteiger partial charge in [0.05, 0.1) is 0 Å². The first-order valence-electron chi connectivity index (χ1n) is 3.76. The molecule has 2 rings (SSSR count). The quantitative estimate of drug-likeness (QED) is 0.694. The number of rotatable bonds is 2. The van der Waals surface area contributed by atoms with E-state index in [1.807, 2.05) is 0 Å². The maximum Gasteiger partial charge on any atom is 0.210 e. The van der Waals surface area contributed by atoms with Crippen LogP contribution in [0.1, 0.15) is 11.7 Å². The van der Waals surface area contributed by atoms with Gasteiger partial charge in [0, 0.05) is 10.5 Å². The lowest BCUT2D eigenvalue weighted by Gasteiger charge is -2.06. The van der Waals surface area contributed by atoms with E-state index in [1.165, 1.54) is 12.1 Å². The Balaban J connectivity index is 2.25. The summed E-state index contributed by atoms with van der Waals surface area (Å²) < 4.78 is 21.1. The minimum absolute atomic E-state index is 0.237. The fourth-order valence-electron chi connectivity index (χ4n) is 1.05. The Hall–Kier alpha value is -1.47. The van der Waals surface area contributed by atoms with Gasteiger partial charge in [-0.3, -0.25) is 4.21 Å². The van der Waals surface area contributed by atoms with Crippen LogP contribution in [0.4, 0.5) is 0 Å². The third-order valence-corrected chi connectivity index (χ3v) is 2.39. The first-order valence-corrected chi connectivity index (χ1v) is 4.84. The predicted molar refractivity (Wildman–Crippen MR) is 46.1 cm³/mol. The van der Waals surface area contributed by atoms with E-state index in [0.29, 0.717) is 0 Å². The molecule has 1 aromatic rings. The molecule has 1 aliphatic heterocycles. The number of hydrogen-bond donors (Lipinski definition) is 0. The van der Waals surface area contributed by atoms with Crippen molar-refractivity contribution in [1.29, 1.82) is 0 Å². The van der Waals surface area contributed by atoms with Crippen molar-refractivity contribution in [3.05, 3.63) is 29.8 Å². The van der Waals surface area contributed by atoms with Crippen molar-refractivity contribution in [3.63, 3.8) is 0 Å². The molecule has 1 aliphatic rings. The Morgan fingerprint density at radius 2 is 1.71 bits per heavy atom. The molecule has 1 aromatic carbocycles. The zero-order chi connectivity index (χ0) is 9.97. The van der Waals surface area contributed by atoms with E-state index in [4.69, 9.17) is 0 Å². The molecule has 0 amide bonds. The van der Waals surface area contributed by atoms with Gasteiger partial charge >= 0.3 is 0 Å². The maximum atomic E-state index is 10.5. The molecule has 0 N–H and O–H groups in total. The molecule has 0 aliphatic carbocycles. The van der Waals surface area contributed by atoms with E-state index < -0.39 is 17.2 Å². The van der Waals surface area contributed by atoms with Gasteiger partial charge < -0.3 is 4.55 Å². The molecular weight excluding hydrogens is 204 g/mol. The first kappa shape index (κ1) is 9.10. The molecule has 0 spiro atoms. The van der Waals surface area contributed by atoms with Crippen LogP contribution in [0, 0.1) is 0 Å². The molecule has 0 saturated heterocycles. The third-order valence-electron chi connectivity index (χ3n) is 1.73. The second kappa shape index (κ2) is 3.72. The highest BCUT2D eigenvalue weighted by Crippen LogP contribution is 2.24. The van der Waals surface area contributed by atoms with Gasteiger partial charge in [0.1, 0.15) is 0 Å². The van der Waals surface area contributed by atoms with Gasteiger partial charge in [-0.25, -0.2) is 0 Å². The summed E-state index contributed by atoms with van der Waals surface area (Å²) >= 11 is -2.20. The molecule has 0 saturated carbocycles. The van der Waals surface area contributed by atoms with E-state index >= 15 is 0 Å². The van der Waals surface area contributed by atoms with Gasteiger partial charge in [-0.05, 0) is 33.7 Å². The van der Waals surface area contributed by atoms with Crippen LogP contribution in [0.25, 0.3) is 0 Å². The topological polar surface area (TPSA) is 89.6 Å². The Labute approximate surface area is 82.0 Å². The van der Waals surface area contributed by atoms with Crippen molar-refractivity contribution < 1.29 is 8.76 Å². The van der Waals surface area contributed by atoms with Crippen molar-refractivity contribution in [3.8, 4) is 0 Å². The normalized spacial score (nSPS) is 17.5. The Bertz CT molecular complexity index is 402. The molecule has 72 valence electrons. The molecular formula is C7H5N4O2S-. The van der Waals surface area contributed by atoms with Crippen molar-refractivity contribution in [2.45, 2.75) is 11.1 Å². The third kappa shape index (κ3) is 1.73. The summed E-state index contributed by atoms with van der Waals surface area (Å²) in [4.78, 5) is 0.237. The SMILES string of the molecule is O=S([O-])c1ccc(C2N=NN=N2)cc1. The fraction of sp³-hybridized carbons (Fsp3) is 0.143. The summed E-state index contributed by atoms with van der Waals surface area (Å²) in [5, 5.41) is 14.2. The second-order valence-electron chi connectivity index (χ2n) is 2.59. The van der Waals surface area contributed by atoms with Crippen LogP contribution in [-0.4, -0.2) is 8.76 Å². The number of benzene rings is 1. The zero-order valence-electron chi connectivity index (χ0n) is 6.90. The Morgan fingerprint density at radius 3 is 2.21 bits per heavy atom. The van der Waals surface area contributed by atoms with Crippen LogP contribution in [0.2, 0.25) is 0 Å². The summed E-state index contributed by atoms with van der Waals surface area (Å²) in [5.74, 6) is 0. The van der Waals surface area contributed by atoms with Crippen molar-refractivity contribution >= 4 is 11.1 Å². The molecule has 14 heavy (non-hydrogen) atoms. The smallest absolute Gasteiger partial charge is 0.210 e. The van der Waals surface area contributed by atoms with E-state index in [0.717, 1.165) is 5.56 Å². The van der Waals surface area contributed by atoms with Crippen molar-refractivity contribution in [1.82, 2.24) is 0 Å². The lowest BCUT2D eigenvalue weighted by Crippen LogP contribution is -1.91. The molecule has 1 heterocycles. The van der Waals surface area contributed by atoms with E-state index in [-0.39, 0.29) is 4.90 Å². The largest absolute Gasteiger partial charge is 0.768 e. The average Bonchev–Trinajstić information content (AvgIpc) is 2.71. The van der Waals surface area contributed by atoms with E-state index in [1.54, 1.807) is 12.1 Å². The Kier molecular flexibility index (Phi) is 2.42. The van der Waals surface area contributed by atoms with Gasteiger partial charge in [-0.2, -0.15) is 0 Å². The lowest BCUT2D eigenvalue weighted by molar-refractivity contribution is 0.537. The van der Waals surface area contributed by atoms with Gasteiger partial charge in [0.15, 0.2) is 0 Å². The van der Waals surface area contributed by atoms with E-state index in [2.05, 4.69) is 20.7 Å². The average molecular weight is 209 g/mol. The van der Waals surface area contributed by atoms with Crippen LogP contribution in [0.3, 0.4) is 0 Å². The highest BCUT2D eigenvalue weighted by atomic mass is 32.2. The minimum atomic E-state index is -2.20. The summed E-state index contributed by atoms with van der Waals surface area (Å²) in [6.07, 6.45) is -0.427. The van der Waals surface area contributed by atoms with Crippen LogP contribution < -0.4 is 0 Å². The second-order valence-corrected chi connectivity index (χ2v) is 3.53. The van der Waals surface area contributed by atoms with Crippen molar-refractivity contribution in [2.24, 2.45) is 20.7 Å². The first-order chi connectivity index (χ1) is 6.77. The van der Waals surface area contributed by atoms with Gasteiger partial charge in [0.2, 0.25) is 6.17 Å². The molecule has 0 bridgehead atoms. The number of hydrogen-bond acceptors (Lipinski definition) is 6. The van der Waals surface area contributed by atoms with Gasteiger partial charge in [-0.15, -0.1) is 10.2 Å². The molecule has 1 unspecified atom stereocenters. The Morgan fingerprint density at radius 1 is 1.14 bits per heavy atom. The number of nitrogens with zero attached hydrogens (tertiary/aromatic N) is 4. The summed E-state index contributed by atoms with van der Waals surface area (Å²) in [5.41, 5.74) is 0.768. The van der Waals surface area contributed by atoms with Gasteiger partial charge in [0.25, 0.3) is 0 Å². The van der Waals surface area contributed by atoms with Crippen molar-refractivity contribution in [2.75, 3.05) is 0 Å². The summed E-state index contributed by atoms with van der Waals surface area (Å²) in [6.45, 7) is 0. The molecule has 0 fully saturated rings. The highest BCUT2D eigenvalue weighted by Gasteiger charge is 2.11. The van der Waals surface area contributed by atoms with E-state index in [9.17, 15) is 8.76 Å².